The van der Waals surface area contributed by atoms with Gasteiger partial charge in [-0.05, 0) is 23.3 Å². The highest BCUT2D eigenvalue weighted by molar-refractivity contribution is 7.89. The monoisotopic (exact) mass is 264 g/mol. The van der Waals surface area contributed by atoms with Gasteiger partial charge in [0.05, 0.1) is 12.5 Å². The molecule has 18 heavy (non-hydrogen) atoms. The zero-order chi connectivity index (χ0) is 12.8. The van der Waals surface area contributed by atoms with E-state index in [0.29, 0.717) is 18.8 Å². The molecular formula is C11H12N4O2S. The Labute approximate surface area is 105 Å². The molecule has 2 heterocycles. The molecule has 7 heteroatoms. The average molecular weight is 264 g/mol. The number of aromatic amines is 1. The van der Waals surface area contributed by atoms with Crippen LogP contribution in [0.3, 0.4) is 0 Å². The van der Waals surface area contributed by atoms with E-state index >= 15 is 0 Å². The van der Waals surface area contributed by atoms with Gasteiger partial charge in [0.25, 0.3) is 10.0 Å². The van der Waals surface area contributed by atoms with Crippen LogP contribution < -0.4 is 5.73 Å². The Balaban J connectivity index is 1.95. The summed E-state index contributed by atoms with van der Waals surface area (Å²) in [5, 5.41) is 0.114. The van der Waals surface area contributed by atoms with Crippen molar-refractivity contribution in [2.75, 3.05) is 5.73 Å². The number of rotatable bonds is 2. The van der Waals surface area contributed by atoms with Crippen LogP contribution in [0, 0.1) is 0 Å². The number of nitrogens with zero attached hydrogens (tertiary/aromatic N) is 2. The minimum atomic E-state index is -3.50. The molecular weight excluding hydrogens is 252 g/mol. The summed E-state index contributed by atoms with van der Waals surface area (Å²) < 4.78 is 26.0. The summed E-state index contributed by atoms with van der Waals surface area (Å²) in [6.45, 7) is 0.721. The van der Waals surface area contributed by atoms with E-state index in [1.165, 1.54) is 16.8 Å². The molecule has 1 aliphatic rings. The van der Waals surface area contributed by atoms with Crippen molar-refractivity contribution in [3.8, 4) is 0 Å². The van der Waals surface area contributed by atoms with E-state index in [1.54, 1.807) is 6.07 Å². The molecule has 94 valence electrons. The van der Waals surface area contributed by atoms with Crippen LogP contribution in [-0.4, -0.2) is 22.7 Å². The molecule has 0 radical (unpaired) electrons. The first-order valence-electron chi connectivity index (χ1n) is 5.43. The lowest BCUT2D eigenvalue weighted by atomic mass is 10.1. The van der Waals surface area contributed by atoms with Crippen molar-refractivity contribution in [3.05, 3.63) is 41.9 Å². The number of anilines is 1. The van der Waals surface area contributed by atoms with Gasteiger partial charge in [-0.25, -0.2) is 13.4 Å². The van der Waals surface area contributed by atoms with Gasteiger partial charge in [-0.2, -0.15) is 4.31 Å². The highest BCUT2D eigenvalue weighted by Crippen LogP contribution is 2.28. The molecule has 0 saturated carbocycles. The summed E-state index contributed by atoms with van der Waals surface area (Å²) >= 11 is 0. The summed E-state index contributed by atoms with van der Waals surface area (Å²) in [6.07, 6.45) is 2.67. The van der Waals surface area contributed by atoms with E-state index in [9.17, 15) is 8.42 Å². The van der Waals surface area contributed by atoms with Crippen LogP contribution >= 0.6 is 0 Å². The maximum absolute atomic E-state index is 12.3. The highest BCUT2D eigenvalue weighted by Gasteiger charge is 2.31. The molecule has 0 spiro atoms. The predicted molar refractivity (Wildman–Crippen MR) is 65.9 cm³/mol. The van der Waals surface area contributed by atoms with Crippen LogP contribution in [0.2, 0.25) is 0 Å². The number of imidazole rings is 1. The fraction of sp³-hybridized carbons (Fsp3) is 0.182. The van der Waals surface area contributed by atoms with Crippen LogP contribution in [0.4, 0.5) is 5.69 Å². The molecule has 2 aromatic rings. The molecule has 1 aromatic heterocycles. The summed E-state index contributed by atoms with van der Waals surface area (Å²) in [5.41, 5.74) is 8.29. The van der Waals surface area contributed by atoms with Gasteiger partial charge in [0.1, 0.15) is 0 Å². The molecule has 0 atom stereocenters. The minimum Gasteiger partial charge on any atom is -0.399 e. The van der Waals surface area contributed by atoms with Gasteiger partial charge in [-0.15, -0.1) is 0 Å². The van der Waals surface area contributed by atoms with Crippen molar-refractivity contribution in [1.29, 1.82) is 0 Å². The zero-order valence-corrected chi connectivity index (χ0v) is 10.3. The Kier molecular flexibility index (Phi) is 2.39. The third kappa shape index (κ3) is 1.68. The molecule has 3 rings (SSSR count). The average Bonchev–Trinajstić information content (AvgIpc) is 2.97. The van der Waals surface area contributed by atoms with Crippen molar-refractivity contribution in [1.82, 2.24) is 14.3 Å². The zero-order valence-electron chi connectivity index (χ0n) is 9.50. The Hall–Kier alpha value is -1.86. The van der Waals surface area contributed by atoms with Gasteiger partial charge in [0, 0.05) is 18.8 Å². The van der Waals surface area contributed by atoms with E-state index < -0.39 is 10.0 Å². The number of hydrogen-bond acceptors (Lipinski definition) is 4. The van der Waals surface area contributed by atoms with Crippen molar-refractivity contribution in [3.63, 3.8) is 0 Å². The maximum Gasteiger partial charge on any atom is 0.260 e. The number of nitrogens with one attached hydrogen (secondary N) is 1. The third-order valence-corrected chi connectivity index (χ3v) is 4.73. The number of aromatic nitrogens is 2. The molecule has 0 saturated heterocycles. The highest BCUT2D eigenvalue weighted by atomic mass is 32.2. The molecule has 0 bridgehead atoms. The molecule has 0 amide bonds. The van der Waals surface area contributed by atoms with Gasteiger partial charge in [0.15, 0.2) is 5.03 Å². The second kappa shape index (κ2) is 3.82. The summed E-state index contributed by atoms with van der Waals surface area (Å²) in [7, 11) is -3.50. The van der Waals surface area contributed by atoms with Crippen molar-refractivity contribution in [2.24, 2.45) is 0 Å². The number of sulfonamides is 1. The quantitative estimate of drug-likeness (QED) is 0.781. The second-order valence-electron chi connectivity index (χ2n) is 4.22. The number of H-pyrrole nitrogens is 1. The lowest BCUT2D eigenvalue weighted by Gasteiger charge is -2.13. The molecule has 1 aliphatic heterocycles. The van der Waals surface area contributed by atoms with Crippen LogP contribution in [0.1, 0.15) is 11.1 Å². The Morgan fingerprint density at radius 1 is 1.28 bits per heavy atom. The number of benzene rings is 1. The van der Waals surface area contributed by atoms with Crippen molar-refractivity contribution in [2.45, 2.75) is 18.1 Å². The summed E-state index contributed by atoms with van der Waals surface area (Å²) in [4.78, 5) is 6.37. The van der Waals surface area contributed by atoms with Gasteiger partial charge in [-0.1, -0.05) is 6.07 Å². The van der Waals surface area contributed by atoms with Gasteiger partial charge in [-0.3, -0.25) is 0 Å². The second-order valence-corrected chi connectivity index (χ2v) is 6.12. The van der Waals surface area contributed by atoms with E-state index in [1.807, 2.05) is 12.1 Å². The topological polar surface area (TPSA) is 92.1 Å². The first kappa shape index (κ1) is 11.2. The van der Waals surface area contributed by atoms with Crippen LogP contribution in [0.5, 0.6) is 0 Å². The number of fused-ring (bicyclic) bond motifs is 1. The lowest BCUT2D eigenvalue weighted by molar-refractivity contribution is 0.429. The first-order chi connectivity index (χ1) is 8.57. The SMILES string of the molecule is Nc1ccc2c(c1)CN(S(=O)(=O)c1cnc[nH]1)C2. The molecule has 1 aromatic carbocycles. The van der Waals surface area contributed by atoms with Crippen LogP contribution in [-0.2, 0) is 23.1 Å². The lowest BCUT2D eigenvalue weighted by Crippen LogP contribution is -2.25. The maximum atomic E-state index is 12.3. The number of nitrogens with two attached hydrogens (primary N) is 1. The molecule has 6 nitrogen and oxygen atoms in total. The smallest absolute Gasteiger partial charge is 0.260 e. The molecule has 0 aliphatic carbocycles. The number of nitrogen functional groups attached to an aromatic ring is 1. The van der Waals surface area contributed by atoms with E-state index in [0.717, 1.165) is 11.1 Å². The van der Waals surface area contributed by atoms with E-state index in [4.69, 9.17) is 5.73 Å². The predicted octanol–water partition coefficient (Wildman–Crippen LogP) is 0.696. The standard InChI is InChI=1S/C11H12N4O2S/c12-10-2-1-8-5-15(6-9(8)3-10)18(16,17)11-4-13-7-14-11/h1-4,7H,5-6,12H2,(H,13,14). The fourth-order valence-corrected chi connectivity index (χ4v) is 3.37. The van der Waals surface area contributed by atoms with E-state index in [2.05, 4.69) is 9.97 Å². The van der Waals surface area contributed by atoms with Gasteiger partial charge >= 0.3 is 0 Å². The molecule has 0 unspecified atom stereocenters. The summed E-state index contributed by atoms with van der Waals surface area (Å²) in [5.74, 6) is 0. The van der Waals surface area contributed by atoms with Crippen LogP contribution in [0.15, 0.2) is 35.7 Å². The third-order valence-electron chi connectivity index (χ3n) is 3.01. The van der Waals surface area contributed by atoms with Crippen LogP contribution in [0.25, 0.3) is 0 Å². The van der Waals surface area contributed by atoms with Gasteiger partial charge in [0.2, 0.25) is 0 Å². The Morgan fingerprint density at radius 2 is 2.06 bits per heavy atom. The van der Waals surface area contributed by atoms with Crippen molar-refractivity contribution < 1.29 is 8.42 Å². The van der Waals surface area contributed by atoms with Gasteiger partial charge < -0.3 is 10.7 Å². The molecule has 3 N–H and O–H groups in total. The number of hydrogen-bond donors (Lipinski definition) is 2. The van der Waals surface area contributed by atoms with E-state index in [-0.39, 0.29) is 5.03 Å². The Morgan fingerprint density at radius 3 is 2.78 bits per heavy atom. The minimum absolute atomic E-state index is 0.114. The molecule has 0 fully saturated rings. The fourth-order valence-electron chi connectivity index (χ4n) is 2.08. The Bertz CT molecular complexity index is 679. The summed E-state index contributed by atoms with van der Waals surface area (Å²) in [6, 6.07) is 5.47. The normalized spacial score (nSPS) is 15.8. The largest absolute Gasteiger partial charge is 0.399 e. The first-order valence-corrected chi connectivity index (χ1v) is 6.87. The van der Waals surface area contributed by atoms with Crippen molar-refractivity contribution >= 4 is 15.7 Å².